The molecular formula is C14H22ClN. The van der Waals surface area contributed by atoms with Crippen LogP contribution >= 0.6 is 11.6 Å². The molecule has 0 amide bonds. The first-order valence-corrected chi connectivity index (χ1v) is 6.50. The summed E-state index contributed by atoms with van der Waals surface area (Å²) in [6.07, 6.45) is 2.31. The van der Waals surface area contributed by atoms with Crippen LogP contribution in [0, 0.1) is 5.92 Å². The largest absolute Gasteiger partial charge is 0.310 e. The number of hydrogen-bond donors (Lipinski definition) is 1. The molecule has 1 aromatic rings. The fraction of sp³-hybridized carbons (Fsp3) is 0.571. The van der Waals surface area contributed by atoms with Gasteiger partial charge < -0.3 is 5.32 Å². The normalized spacial score (nSPS) is 13.1. The molecule has 0 bridgehead atoms. The highest BCUT2D eigenvalue weighted by Gasteiger charge is 2.12. The Labute approximate surface area is 104 Å². The van der Waals surface area contributed by atoms with E-state index in [0.29, 0.717) is 12.0 Å². The molecule has 1 atom stereocenters. The Kier molecular flexibility index (Phi) is 5.86. The van der Waals surface area contributed by atoms with Crippen molar-refractivity contribution in [3.63, 3.8) is 0 Å². The molecule has 16 heavy (non-hydrogen) atoms. The van der Waals surface area contributed by atoms with Gasteiger partial charge in [-0.05, 0) is 43.0 Å². The van der Waals surface area contributed by atoms with Gasteiger partial charge in [0.05, 0.1) is 0 Å². The highest BCUT2D eigenvalue weighted by atomic mass is 35.5. The van der Waals surface area contributed by atoms with Crippen molar-refractivity contribution in [2.75, 3.05) is 6.54 Å². The smallest absolute Gasteiger partial charge is 0.0409 e. The molecule has 1 rings (SSSR count). The van der Waals surface area contributed by atoms with Crippen LogP contribution in [0.5, 0.6) is 0 Å². The number of halogens is 1. The van der Waals surface area contributed by atoms with Gasteiger partial charge in [0.25, 0.3) is 0 Å². The van der Waals surface area contributed by atoms with Crippen LogP contribution in [0.25, 0.3) is 0 Å². The topological polar surface area (TPSA) is 12.0 Å². The second-order valence-corrected chi connectivity index (χ2v) is 5.13. The molecule has 0 aromatic heterocycles. The number of benzene rings is 1. The molecule has 0 aliphatic rings. The van der Waals surface area contributed by atoms with E-state index in [4.69, 9.17) is 11.6 Å². The predicted octanol–water partition coefficient (Wildman–Crippen LogP) is 4.43. The van der Waals surface area contributed by atoms with Gasteiger partial charge in [0, 0.05) is 11.1 Å². The van der Waals surface area contributed by atoms with E-state index in [2.05, 4.69) is 38.2 Å². The van der Waals surface area contributed by atoms with Gasteiger partial charge in [0.1, 0.15) is 0 Å². The van der Waals surface area contributed by atoms with Crippen molar-refractivity contribution in [2.45, 2.75) is 39.7 Å². The lowest BCUT2D eigenvalue weighted by atomic mass is 9.97. The van der Waals surface area contributed by atoms with E-state index in [1.54, 1.807) is 0 Å². The zero-order valence-corrected chi connectivity index (χ0v) is 11.2. The molecule has 0 heterocycles. The Bertz CT molecular complexity index is 309. The monoisotopic (exact) mass is 239 g/mol. The van der Waals surface area contributed by atoms with Crippen molar-refractivity contribution in [2.24, 2.45) is 5.92 Å². The maximum absolute atomic E-state index is 6.03. The van der Waals surface area contributed by atoms with Gasteiger partial charge in [-0.2, -0.15) is 0 Å². The molecule has 0 spiro atoms. The molecule has 1 N–H and O–H groups in total. The van der Waals surface area contributed by atoms with Crippen molar-refractivity contribution in [3.8, 4) is 0 Å². The summed E-state index contributed by atoms with van der Waals surface area (Å²) >= 11 is 6.03. The van der Waals surface area contributed by atoms with Crippen molar-refractivity contribution in [3.05, 3.63) is 34.9 Å². The lowest BCUT2D eigenvalue weighted by Gasteiger charge is -2.21. The van der Waals surface area contributed by atoms with Gasteiger partial charge >= 0.3 is 0 Å². The van der Waals surface area contributed by atoms with E-state index in [0.717, 1.165) is 24.4 Å². The first kappa shape index (κ1) is 13.5. The zero-order chi connectivity index (χ0) is 12.0. The minimum absolute atomic E-state index is 0.429. The summed E-state index contributed by atoms with van der Waals surface area (Å²) in [5.41, 5.74) is 1.30. The summed E-state index contributed by atoms with van der Waals surface area (Å²) in [5, 5.41) is 4.41. The Hall–Kier alpha value is -0.530. The zero-order valence-electron chi connectivity index (χ0n) is 10.5. The Morgan fingerprint density at radius 1 is 1.31 bits per heavy atom. The number of rotatable bonds is 6. The molecule has 0 radical (unpaired) electrons. The van der Waals surface area contributed by atoms with Gasteiger partial charge in [-0.25, -0.2) is 0 Å². The maximum Gasteiger partial charge on any atom is 0.0409 e. The molecule has 2 heteroatoms. The molecule has 90 valence electrons. The van der Waals surface area contributed by atoms with Crippen LogP contribution in [-0.2, 0) is 0 Å². The Balaban J connectivity index is 2.74. The van der Waals surface area contributed by atoms with Gasteiger partial charge in [-0.1, -0.05) is 44.5 Å². The standard InChI is InChI=1S/C14H22ClN/c1-4-8-16-14(9-11(2)3)12-6-5-7-13(15)10-12/h5-7,10-11,14,16H,4,8-9H2,1-3H3. The van der Waals surface area contributed by atoms with Gasteiger partial charge in [0.15, 0.2) is 0 Å². The molecule has 1 nitrogen and oxygen atoms in total. The van der Waals surface area contributed by atoms with E-state index < -0.39 is 0 Å². The first-order chi connectivity index (χ1) is 7.63. The molecular weight excluding hydrogens is 218 g/mol. The van der Waals surface area contributed by atoms with Crippen molar-refractivity contribution >= 4 is 11.6 Å². The van der Waals surface area contributed by atoms with Crippen LogP contribution in [-0.4, -0.2) is 6.54 Å². The summed E-state index contributed by atoms with van der Waals surface area (Å²) in [6, 6.07) is 8.60. The quantitative estimate of drug-likeness (QED) is 0.775. The van der Waals surface area contributed by atoms with E-state index in [1.807, 2.05) is 12.1 Å². The predicted molar refractivity (Wildman–Crippen MR) is 71.9 cm³/mol. The summed E-state index contributed by atoms with van der Waals surface area (Å²) in [7, 11) is 0. The lowest BCUT2D eigenvalue weighted by Crippen LogP contribution is -2.23. The summed E-state index contributed by atoms with van der Waals surface area (Å²) in [5.74, 6) is 0.688. The number of nitrogens with one attached hydrogen (secondary N) is 1. The van der Waals surface area contributed by atoms with Crippen molar-refractivity contribution < 1.29 is 0 Å². The van der Waals surface area contributed by atoms with Crippen LogP contribution in [0.1, 0.15) is 45.2 Å². The number of hydrogen-bond acceptors (Lipinski definition) is 1. The Morgan fingerprint density at radius 2 is 2.06 bits per heavy atom. The molecule has 0 aliphatic carbocycles. The van der Waals surface area contributed by atoms with E-state index in [9.17, 15) is 0 Å². The third-order valence-electron chi connectivity index (χ3n) is 2.60. The molecule has 0 fully saturated rings. The fourth-order valence-corrected chi connectivity index (χ4v) is 2.05. The molecule has 0 saturated heterocycles. The van der Waals surface area contributed by atoms with Crippen molar-refractivity contribution in [1.82, 2.24) is 5.32 Å². The Morgan fingerprint density at radius 3 is 2.62 bits per heavy atom. The van der Waals surface area contributed by atoms with Crippen LogP contribution in [0.2, 0.25) is 5.02 Å². The highest BCUT2D eigenvalue weighted by molar-refractivity contribution is 6.30. The second kappa shape index (κ2) is 6.93. The second-order valence-electron chi connectivity index (χ2n) is 4.69. The first-order valence-electron chi connectivity index (χ1n) is 6.12. The molecule has 0 saturated carbocycles. The molecule has 1 unspecified atom stereocenters. The summed E-state index contributed by atoms with van der Waals surface area (Å²) in [4.78, 5) is 0. The lowest BCUT2D eigenvalue weighted by molar-refractivity contribution is 0.430. The SMILES string of the molecule is CCCNC(CC(C)C)c1cccc(Cl)c1. The minimum atomic E-state index is 0.429. The van der Waals surface area contributed by atoms with Crippen molar-refractivity contribution in [1.29, 1.82) is 0 Å². The average molecular weight is 240 g/mol. The summed E-state index contributed by atoms with van der Waals surface area (Å²) in [6.45, 7) is 7.76. The van der Waals surface area contributed by atoms with Gasteiger partial charge in [-0.3, -0.25) is 0 Å². The highest BCUT2D eigenvalue weighted by Crippen LogP contribution is 2.23. The van der Waals surface area contributed by atoms with E-state index in [-0.39, 0.29) is 0 Å². The van der Waals surface area contributed by atoms with E-state index in [1.165, 1.54) is 5.56 Å². The minimum Gasteiger partial charge on any atom is -0.310 e. The molecule has 1 aromatic carbocycles. The third-order valence-corrected chi connectivity index (χ3v) is 2.83. The third kappa shape index (κ3) is 4.54. The average Bonchev–Trinajstić information content (AvgIpc) is 2.23. The molecule has 0 aliphatic heterocycles. The van der Waals surface area contributed by atoms with Gasteiger partial charge in [0.2, 0.25) is 0 Å². The maximum atomic E-state index is 6.03. The fourth-order valence-electron chi connectivity index (χ4n) is 1.85. The van der Waals surface area contributed by atoms with E-state index >= 15 is 0 Å². The summed E-state index contributed by atoms with van der Waals surface area (Å²) < 4.78 is 0. The van der Waals surface area contributed by atoms with Gasteiger partial charge in [-0.15, -0.1) is 0 Å². The van der Waals surface area contributed by atoms with Crippen LogP contribution in [0.15, 0.2) is 24.3 Å². The van der Waals surface area contributed by atoms with Crippen LogP contribution in [0.4, 0.5) is 0 Å². The van der Waals surface area contributed by atoms with Crippen LogP contribution < -0.4 is 5.32 Å². The van der Waals surface area contributed by atoms with Crippen LogP contribution in [0.3, 0.4) is 0 Å².